The molecule has 2 aromatic rings. The molecule has 154 valence electrons. The Labute approximate surface area is 162 Å². The van der Waals surface area contributed by atoms with Crippen LogP contribution in [0.25, 0.3) is 11.3 Å². The van der Waals surface area contributed by atoms with Crippen LogP contribution < -0.4 is 4.74 Å². The van der Waals surface area contributed by atoms with Crippen LogP contribution in [-0.2, 0) is 6.42 Å². The second-order valence-electron chi connectivity index (χ2n) is 7.37. The zero-order valence-corrected chi connectivity index (χ0v) is 15.8. The van der Waals surface area contributed by atoms with Crippen molar-refractivity contribution in [3.63, 3.8) is 0 Å². The number of hydrogen-bond acceptors (Lipinski definition) is 5. The van der Waals surface area contributed by atoms with Gasteiger partial charge in [0.25, 0.3) is 0 Å². The van der Waals surface area contributed by atoms with Crippen LogP contribution in [0, 0.1) is 0 Å². The number of alkyl halides is 3. The summed E-state index contributed by atoms with van der Waals surface area (Å²) in [4.78, 5) is 1.97. The predicted molar refractivity (Wildman–Crippen MR) is 98.1 cm³/mol. The first-order chi connectivity index (χ1) is 13.3. The Hall–Kier alpha value is -2.06. The van der Waals surface area contributed by atoms with Crippen molar-refractivity contribution < 1.29 is 27.5 Å². The Kier molecular flexibility index (Phi) is 6.30. The zero-order valence-electron chi connectivity index (χ0n) is 15.8. The third-order valence-corrected chi connectivity index (χ3v) is 5.15. The molecular weight excluding hydrogens is 373 g/mol. The number of aliphatic hydroxyl groups is 1. The minimum atomic E-state index is -4.11. The van der Waals surface area contributed by atoms with Crippen molar-refractivity contribution in [3.8, 4) is 17.0 Å². The molecule has 28 heavy (non-hydrogen) atoms. The molecule has 0 radical (unpaired) electrons. The number of piperidine rings is 1. The Balaban J connectivity index is 1.53. The number of methoxy groups -OCH3 is 1. The van der Waals surface area contributed by atoms with Crippen molar-refractivity contribution >= 4 is 0 Å². The van der Waals surface area contributed by atoms with Gasteiger partial charge in [-0.25, -0.2) is 0 Å². The Morgan fingerprint density at radius 1 is 1.25 bits per heavy atom. The van der Waals surface area contributed by atoms with Gasteiger partial charge in [0.15, 0.2) is 0 Å². The highest BCUT2D eigenvalue weighted by Gasteiger charge is 2.34. The van der Waals surface area contributed by atoms with Crippen LogP contribution in [0.2, 0.25) is 0 Å². The van der Waals surface area contributed by atoms with E-state index in [0.717, 1.165) is 11.3 Å². The van der Waals surface area contributed by atoms with Gasteiger partial charge in [-0.3, -0.25) is 0 Å². The number of likely N-dealkylation sites (tertiary alicyclic amines) is 1. The molecule has 1 aliphatic rings. The van der Waals surface area contributed by atoms with Crippen LogP contribution in [-0.4, -0.2) is 53.7 Å². The SMILES string of the molecule is COc1cccc(-c2cc(CC3(O)CCN(CCCC(F)(F)F)CC3)on2)c1. The molecule has 0 bridgehead atoms. The van der Waals surface area contributed by atoms with Gasteiger partial charge < -0.3 is 19.3 Å². The van der Waals surface area contributed by atoms with Crippen LogP contribution in [0.3, 0.4) is 0 Å². The fourth-order valence-corrected chi connectivity index (χ4v) is 3.51. The van der Waals surface area contributed by atoms with Crippen molar-refractivity contribution in [1.29, 1.82) is 0 Å². The first kappa shape index (κ1) is 20.7. The highest BCUT2D eigenvalue weighted by Crippen LogP contribution is 2.30. The number of aromatic nitrogens is 1. The molecule has 1 N–H and O–H groups in total. The summed E-state index contributed by atoms with van der Waals surface area (Å²) in [6, 6.07) is 9.27. The third-order valence-electron chi connectivity index (χ3n) is 5.15. The molecule has 8 heteroatoms. The average molecular weight is 398 g/mol. The van der Waals surface area contributed by atoms with E-state index in [-0.39, 0.29) is 6.42 Å². The van der Waals surface area contributed by atoms with Gasteiger partial charge in [-0.1, -0.05) is 17.3 Å². The van der Waals surface area contributed by atoms with Crippen LogP contribution in [0.1, 0.15) is 31.4 Å². The first-order valence-electron chi connectivity index (χ1n) is 9.38. The van der Waals surface area contributed by atoms with Crippen molar-refractivity contribution in [2.45, 2.75) is 43.9 Å². The molecule has 5 nitrogen and oxygen atoms in total. The van der Waals surface area contributed by atoms with Gasteiger partial charge in [-0.15, -0.1) is 0 Å². The maximum Gasteiger partial charge on any atom is 0.389 e. The van der Waals surface area contributed by atoms with Crippen molar-refractivity contribution in [3.05, 3.63) is 36.1 Å². The lowest BCUT2D eigenvalue weighted by atomic mass is 9.87. The first-order valence-corrected chi connectivity index (χ1v) is 9.38. The fourth-order valence-electron chi connectivity index (χ4n) is 3.51. The summed E-state index contributed by atoms with van der Waals surface area (Å²) < 4.78 is 47.4. The monoisotopic (exact) mass is 398 g/mol. The summed E-state index contributed by atoms with van der Waals surface area (Å²) in [5, 5.41) is 14.9. The van der Waals surface area contributed by atoms with E-state index in [9.17, 15) is 18.3 Å². The molecule has 0 unspecified atom stereocenters. The molecule has 1 aromatic heterocycles. The molecule has 1 saturated heterocycles. The smallest absolute Gasteiger partial charge is 0.389 e. The summed E-state index contributed by atoms with van der Waals surface area (Å²) in [5.41, 5.74) is 0.606. The van der Waals surface area contributed by atoms with Crippen LogP contribution in [0.15, 0.2) is 34.9 Å². The molecule has 1 aliphatic heterocycles. The van der Waals surface area contributed by atoms with E-state index in [1.54, 1.807) is 7.11 Å². The normalized spacial score (nSPS) is 17.6. The van der Waals surface area contributed by atoms with Gasteiger partial charge in [0.05, 0.1) is 12.7 Å². The lowest BCUT2D eigenvalue weighted by Gasteiger charge is -2.37. The summed E-state index contributed by atoms with van der Waals surface area (Å²) >= 11 is 0. The summed E-state index contributed by atoms with van der Waals surface area (Å²) in [6.45, 7) is 1.55. The second-order valence-corrected chi connectivity index (χ2v) is 7.37. The van der Waals surface area contributed by atoms with Crippen LogP contribution in [0.4, 0.5) is 13.2 Å². The minimum Gasteiger partial charge on any atom is -0.497 e. The van der Waals surface area contributed by atoms with Crippen LogP contribution in [0.5, 0.6) is 5.75 Å². The number of ether oxygens (including phenoxy) is 1. The van der Waals surface area contributed by atoms with E-state index in [0.29, 0.717) is 50.4 Å². The van der Waals surface area contributed by atoms with E-state index in [1.165, 1.54) is 0 Å². The highest BCUT2D eigenvalue weighted by atomic mass is 19.4. The lowest BCUT2D eigenvalue weighted by molar-refractivity contribution is -0.136. The van der Waals surface area contributed by atoms with Crippen LogP contribution >= 0.6 is 0 Å². The molecular formula is C20H25F3N2O3. The quantitative estimate of drug-likeness (QED) is 0.762. The fraction of sp³-hybridized carbons (Fsp3) is 0.550. The van der Waals surface area contributed by atoms with E-state index in [4.69, 9.17) is 9.26 Å². The van der Waals surface area contributed by atoms with E-state index in [1.807, 2.05) is 35.2 Å². The predicted octanol–water partition coefficient (Wildman–Crippen LogP) is 4.06. The number of nitrogens with zero attached hydrogens (tertiary/aromatic N) is 2. The molecule has 1 aromatic carbocycles. The van der Waals surface area contributed by atoms with E-state index in [2.05, 4.69) is 5.16 Å². The molecule has 0 saturated carbocycles. The Bertz CT molecular complexity index is 768. The van der Waals surface area contributed by atoms with Crippen molar-refractivity contribution in [2.75, 3.05) is 26.7 Å². The molecule has 3 rings (SSSR count). The van der Waals surface area contributed by atoms with E-state index < -0.39 is 18.2 Å². The van der Waals surface area contributed by atoms with Gasteiger partial charge in [0.1, 0.15) is 17.2 Å². The molecule has 0 atom stereocenters. The summed E-state index contributed by atoms with van der Waals surface area (Å²) in [6.07, 6.45) is -3.46. The topological polar surface area (TPSA) is 58.7 Å². The average Bonchev–Trinajstić information content (AvgIpc) is 3.10. The molecule has 0 amide bonds. The second kappa shape index (κ2) is 8.53. The number of hydrogen-bond donors (Lipinski definition) is 1. The van der Waals surface area contributed by atoms with Gasteiger partial charge in [-0.05, 0) is 37.9 Å². The van der Waals surface area contributed by atoms with Crippen molar-refractivity contribution in [1.82, 2.24) is 10.1 Å². The lowest BCUT2D eigenvalue weighted by Crippen LogP contribution is -2.45. The molecule has 1 fully saturated rings. The molecule has 0 spiro atoms. The van der Waals surface area contributed by atoms with Gasteiger partial charge >= 0.3 is 6.18 Å². The highest BCUT2D eigenvalue weighted by molar-refractivity contribution is 5.60. The standard InChI is InChI=1S/C20H25F3N2O3/c1-27-16-5-2-4-15(12-16)18-13-17(28-24-18)14-19(26)7-10-25(11-8-19)9-3-6-20(21,22)23/h2,4-5,12-13,26H,3,6-11,14H2,1H3. The maximum atomic E-state index is 12.3. The Morgan fingerprint density at radius 3 is 2.68 bits per heavy atom. The number of halogens is 3. The van der Waals surface area contributed by atoms with Crippen molar-refractivity contribution in [2.24, 2.45) is 0 Å². The summed E-state index contributed by atoms with van der Waals surface area (Å²) in [5.74, 6) is 1.31. The van der Waals surface area contributed by atoms with E-state index >= 15 is 0 Å². The maximum absolute atomic E-state index is 12.3. The summed E-state index contributed by atoms with van der Waals surface area (Å²) in [7, 11) is 1.60. The largest absolute Gasteiger partial charge is 0.497 e. The molecule has 0 aliphatic carbocycles. The number of rotatable bonds is 7. The minimum absolute atomic E-state index is 0.0912. The molecule has 2 heterocycles. The number of benzene rings is 1. The zero-order chi connectivity index (χ0) is 20.2. The van der Waals surface area contributed by atoms with Gasteiger partial charge in [0, 0.05) is 37.6 Å². The van der Waals surface area contributed by atoms with Gasteiger partial charge in [0.2, 0.25) is 0 Å². The Morgan fingerprint density at radius 2 is 2.00 bits per heavy atom. The van der Waals surface area contributed by atoms with Gasteiger partial charge in [-0.2, -0.15) is 13.2 Å². The third kappa shape index (κ3) is 5.72.